The van der Waals surface area contributed by atoms with Gasteiger partial charge in [0.2, 0.25) is 11.8 Å². The number of nitrogens with one attached hydrogen (secondary N) is 1. The number of halogens is 1. The maximum absolute atomic E-state index is 15.1. The first-order chi connectivity index (χ1) is 18.2. The molecule has 2 fully saturated rings. The highest BCUT2D eigenvalue weighted by molar-refractivity contribution is 5.90. The Labute approximate surface area is 219 Å². The molecule has 3 aliphatic heterocycles. The van der Waals surface area contributed by atoms with E-state index in [4.69, 9.17) is 10.6 Å². The fraction of sp³-hybridized carbons (Fsp3) is 0.500. The molecular formula is C24H32FN9O4. The van der Waals surface area contributed by atoms with Crippen LogP contribution in [0.3, 0.4) is 0 Å². The SMILES string of the molecule is CC(=O)NC[C@H]1CN(c2ccc(N3CCC(N=NC(=NN)N4C=CN(C(C)=O)CC4)CC3)c(F)c2)C(=O)O1. The number of nitrogens with zero attached hydrogens (tertiary/aromatic N) is 7. The minimum Gasteiger partial charge on any atom is -0.442 e. The summed E-state index contributed by atoms with van der Waals surface area (Å²) in [5.41, 5.74) is 0.848. The third-order valence-electron chi connectivity index (χ3n) is 6.60. The molecule has 1 aromatic rings. The van der Waals surface area contributed by atoms with Crippen molar-refractivity contribution in [2.24, 2.45) is 21.2 Å². The fourth-order valence-electron chi connectivity index (χ4n) is 4.48. The highest BCUT2D eigenvalue weighted by atomic mass is 19.1. The average Bonchev–Trinajstić information content (AvgIpc) is 3.29. The Morgan fingerprint density at radius 1 is 1.13 bits per heavy atom. The first kappa shape index (κ1) is 26.8. The molecule has 2 saturated heterocycles. The number of anilines is 2. The summed E-state index contributed by atoms with van der Waals surface area (Å²) in [5, 5.41) is 15.0. The average molecular weight is 530 g/mol. The number of hydrogen-bond acceptors (Lipinski definition) is 8. The van der Waals surface area contributed by atoms with E-state index in [1.165, 1.54) is 24.8 Å². The van der Waals surface area contributed by atoms with E-state index in [-0.39, 0.29) is 36.9 Å². The lowest BCUT2D eigenvalue weighted by Crippen LogP contribution is -2.39. The van der Waals surface area contributed by atoms with Crippen LogP contribution in [0.1, 0.15) is 26.7 Å². The van der Waals surface area contributed by atoms with Gasteiger partial charge in [0.05, 0.1) is 30.5 Å². The molecule has 204 valence electrons. The molecule has 3 N–H and O–H groups in total. The summed E-state index contributed by atoms with van der Waals surface area (Å²) in [6.07, 6.45) is 3.61. The number of ether oxygens (including phenoxy) is 1. The second kappa shape index (κ2) is 11.9. The van der Waals surface area contributed by atoms with Crippen LogP contribution in [0.2, 0.25) is 0 Å². The van der Waals surface area contributed by atoms with Crippen LogP contribution in [0.4, 0.5) is 20.6 Å². The minimum atomic E-state index is -0.574. The second-order valence-electron chi connectivity index (χ2n) is 9.26. The molecule has 0 unspecified atom stereocenters. The maximum atomic E-state index is 15.1. The van der Waals surface area contributed by atoms with Crippen LogP contribution in [-0.2, 0) is 14.3 Å². The van der Waals surface area contributed by atoms with E-state index in [9.17, 15) is 14.4 Å². The number of carbonyl (C=O) groups is 3. The van der Waals surface area contributed by atoms with Gasteiger partial charge in [-0.05, 0) is 31.0 Å². The van der Waals surface area contributed by atoms with Crippen LogP contribution in [0.15, 0.2) is 45.9 Å². The van der Waals surface area contributed by atoms with Gasteiger partial charge in [0.15, 0.2) is 0 Å². The predicted octanol–water partition coefficient (Wildman–Crippen LogP) is 1.57. The monoisotopic (exact) mass is 529 g/mol. The molecular weight excluding hydrogens is 497 g/mol. The van der Waals surface area contributed by atoms with Crippen molar-refractivity contribution in [3.63, 3.8) is 0 Å². The third kappa shape index (κ3) is 6.36. The molecule has 4 rings (SSSR count). The van der Waals surface area contributed by atoms with Crippen LogP contribution < -0.4 is 21.0 Å². The molecule has 38 heavy (non-hydrogen) atoms. The molecule has 1 aromatic carbocycles. The summed E-state index contributed by atoms with van der Waals surface area (Å²) in [5.74, 6) is 5.07. The lowest BCUT2D eigenvalue weighted by molar-refractivity contribution is -0.126. The highest BCUT2D eigenvalue weighted by Crippen LogP contribution is 2.30. The van der Waals surface area contributed by atoms with Gasteiger partial charge in [-0.15, -0.1) is 10.2 Å². The summed E-state index contributed by atoms with van der Waals surface area (Å²) >= 11 is 0. The summed E-state index contributed by atoms with van der Waals surface area (Å²) in [6, 6.07) is 4.61. The van der Waals surface area contributed by atoms with Gasteiger partial charge in [-0.2, -0.15) is 5.11 Å². The Hall–Kier alpha value is -4.23. The van der Waals surface area contributed by atoms with Gasteiger partial charge in [0.1, 0.15) is 11.9 Å². The largest absolute Gasteiger partial charge is 0.442 e. The molecule has 0 aliphatic carbocycles. The van der Waals surface area contributed by atoms with Crippen molar-refractivity contribution >= 4 is 35.2 Å². The predicted molar refractivity (Wildman–Crippen MR) is 138 cm³/mol. The number of hydrogen-bond donors (Lipinski definition) is 2. The van der Waals surface area contributed by atoms with Crippen molar-refractivity contribution in [2.75, 3.05) is 49.1 Å². The molecule has 0 aromatic heterocycles. The molecule has 0 spiro atoms. The minimum absolute atomic E-state index is 0.0440. The molecule has 0 bridgehead atoms. The molecule has 14 heteroatoms. The normalized spacial score (nSPS) is 20.9. The Morgan fingerprint density at radius 2 is 1.84 bits per heavy atom. The number of amides is 3. The number of piperidine rings is 1. The van der Waals surface area contributed by atoms with E-state index in [1.54, 1.807) is 34.3 Å². The number of carbonyl (C=O) groups excluding carboxylic acids is 3. The first-order valence-electron chi connectivity index (χ1n) is 12.4. The van der Waals surface area contributed by atoms with Gasteiger partial charge < -0.3 is 30.6 Å². The standard InChI is InChI=1S/C24H32FN9O4/c1-16(35)27-14-20-15-34(24(37)38-20)19-3-4-22(21(25)13-19)32-7-5-18(6-8-32)29-30-23(28-26)33-11-9-31(10-12-33)17(2)36/h3-4,9,11,13,18,20H,5-8,10,12,14-15,26H2,1-2H3,(H,27,35)/t20-/m0/s1. The molecule has 13 nitrogen and oxygen atoms in total. The lowest BCUT2D eigenvalue weighted by Gasteiger charge is -2.32. The van der Waals surface area contributed by atoms with Crippen molar-refractivity contribution in [3.05, 3.63) is 36.4 Å². The maximum Gasteiger partial charge on any atom is 0.414 e. The first-order valence-corrected chi connectivity index (χ1v) is 12.4. The van der Waals surface area contributed by atoms with E-state index < -0.39 is 18.0 Å². The topological polar surface area (TPSA) is 149 Å². The van der Waals surface area contributed by atoms with Gasteiger partial charge >= 0.3 is 6.09 Å². The molecule has 3 amide bonds. The van der Waals surface area contributed by atoms with Gasteiger partial charge in [0, 0.05) is 52.4 Å². The van der Waals surface area contributed by atoms with Crippen LogP contribution in [0, 0.1) is 5.82 Å². The van der Waals surface area contributed by atoms with Gasteiger partial charge in [-0.3, -0.25) is 14.5 Å². The van der Waals surface area contributed by atoms with E-state index in [0.717, 1.165) is 0 Å². The van der Waals surface area contributed by atoms with E-state index in [1.807, 2.05) is 4.90 Å². The summed E-state index contributed by atoms with van der Waals surface area (Å²) in [6.45, 7) is 5.48. The summed E-state index contributed by atoms with van der Waals surface area (Å²) in [4.78, 5) is 41.4. The number of cyclic esters (lactones) is 1. The van der Waals surface area contributed by atoms with E-state index in [2.05, 4.69) is 20.6 Å². The van der Waals surface area contributed by atoms with Crippen molar-refractivity contribution in [1.82, 2.24) is 15.1 Å². The number of nitrogens with two attached hydrogens (primary N) is 1. The summed E-state index contributed by atoms with van der Waals surface area (Å²) in [7, 11) is 0. The second-order valence-corrected chi connectivity index (χ2v) is 9.26. The zero-order valence-corrected chi connectivity index (χ0v) is 21.4. The Bertz CT molecular complexity index is 1150. The van der Waals surface area contributed by atoms with Crippen LogP contribution in [-0.4, -0.2) is 85.1 Å². The van der Waals surface area contributed by atoms with E-state index in [0.29, 0.717) is 50.4 Å². The molecule has 1 atom stereocenters. The number of benzene rings is 1. The zero-order chi connectivity index (χ0) is 27.2. The van der Waals surface area contributed by atoms with Crippen LogP contribution >= 0.6 is 0 Å². The van der Waals surface area contributed by atoms with Gasteiger partial charge in [0.25, 0.3) is 5.96 Å². The molecule has 3 heterocycles. The molecule has 0 saturated carbocycles. The number of hydrazone groups is 1. The van der Waals surface area contributed by atoms with Gasteiger partial charge in [-0.25, -0.2) is 9.18 Å². The van der Waals surface area contributed by atoms with E-state index >= 15 is 4.39 Å². The van der Waals surface area contributed by atoms with Gasteiger partial charge in [-0.1, -0.05) is 0 Å². The quantitative estimate of drug-likeness (QED) is 0.193. The lowest BCUT2D eigenvalue weighted by atomic mass is 10.0. The smallest absolute Gasteiger partial charge is 0.414 e. The Balaban J connectivity index is 1.31. The van der Waals surface area contributed by atoms with Crippen molar-refractivity contribution in [3.8, 4) is 0 Å². The molecule has 0 radical (unpaired) electrons. The third-order valence-corrected chi connectivity index (χ3v) is 6.60. The summed E-state index contributed by atoms with van der Waals surface area (Å²) < 4.78 is 20.3. The Kier molecular flexibility index (Phi) is 8.38. The number of rotatable bonds is 5. The van der Waals surface area contributed by atoms with Crippen molar-refractivity contribution < 1.29 is 23.5 Å². The Morgan fingerprint density at radius 3 is 2.45 bits per heavy atom. The highest BCUT2D eigenvalue weighted by Gasteiger charge is 2.33. The van der Waals surface area contributed by atoms with Crippen molar-refractivity contribution in [1.29, 1.82) is 0 Å². The number of guanidine groups is 1. The fourth-order valence-corrected chi connectivity index (χ4v) is 4.48. The zero-order valence-electron chi connectivity index (χ0n) is 21.4. The number of azo groups is 1. The van der Waals surface area contributed by atoms with Crippen LogP contribution in [0.25, 0.3) is 0 Å². The molecule has 3 aliphatic rings. The van der Waals surface area contributed by atoms with Crippen LogP contribution in [0.5, 0.6) is 0 Å². The van der Waals surface area contributed by atoms with Crippen molar-refractivity contribution in [2.45, 2.75) is 38.8 Å².